The van der Waals surface area contributed by atoms with Crippen LogP contribution in [0.5, 0.6) is 0 Å². The molecule has 2 heterocycles. The number of ether oxygens (including phenoxy) is 1. The van der Waals surface area contributed by atoms with Crippen molar-refractivity contribution in [1.29, 1.82) is 5.26 Å². The van der Waals surface area contributed by atoms with Crippen LogP contribution in [-0.2, 0) is 22.3 Å². The second-order valence-corrected chi connectivity index (χ2v) is 10.2. The Hall–Kier alpha value is -4.85. The van der Waals surface area contributed by atoms with Gasteiger partial charge in [0.05, 0.1) is 40.1 Å². The van der Waals surface area contributed by atoms with Gasteiger partial charge >= 0.3 is 6.18 Å². The van der Waals surface area contributed by atoms with E-state index in [0.717, 1.165) is 17.7 Å². The predicted molar refractivity (Wildman–Crippen MR) is 161 cm³/mol. The van der Waals surface area contributed by atoms with Gasteiger partial charge < -0.3 is 19.9 Å². The van der Waals surface area contributed by atoms with Crippen molar-refractivity contribution in [3.8, 4) is 17.9 Å². The molecular formula is C31H27F3N6O3S. The summed E-state index contributed by atoms with van der Waals surface area (Å²) in [6.45, 7) is 2.45. The number of methoxy groups -OCH3 is 1. The van der Waals surface area contributed by atoms with Gasteiger partial charge in [0.1, 0.15) is 17.9 Å². The minimum atomic E-state index is -4.58. The Morgan fingerprint density at radius 3 is 2.64 bits per heavy atom. The quantitative estimate of drug-likeness (QED) is 0.190. The van der Waals surface area contributed by atoms with Crippen LogP contribution in [0, 0.1) is 36.0 Å². The van der Waals surface area contributed by atoms with E-state index in [1.807, 2.05) is 13.0 Å². The van der Waals surface area contributed by atoms with Crippen molar-refractivity contribution < 1.29 is 27.5 Å². The van der Waals surface area contributed by atoms with Crippen LogP contribution in [0.1, 0.15) is 43.6 Å². The summed E-state index contributed by atoms with van der Waals surface area (Å²) < 4.78 is 46.5. The number of nitrogens with one attached hydrogen (secondary N) is 2. The van der Waals surface area contributed by atoms with Crippen molar-refractivity contribution in [3.05, 3.63) is 88.5 Å². The summed E-state index contributed by atoms with van der Waals surface area (Å²) in [5.74, 6) is 3.86. The van der Waals surface area contributed by atoms with Gasteiger partial charge in [-0.2, -0.15) is 31.1 Å². The molecule has 2 N–H and O–H groups in total. The fourth-order valence-electron chi connectivity index (χ4n) is 4.54. The molecule has 0 fully saturated rings. The van der Waals surface area contributed by atoms with E-state index in [9.17, 15) is 28.0 Å². The third kappa shape index (κ3) is 6.86. The topological polar surface area (TPSA) is 122 Å². The second kappa shape index (κ2) is 13.6. The smallest absolute Gasteiger partial charge is 0.383 e. The van der Waals surface area contributed by atoms with Crippen LogP contribution >= 0.6 is 12.6 Å². The zero-order chi connectivity index (χ0) is 32.0. The van der Waals surface area contributed by atoms with E-state index in [2.05, 4.69) is 32.4 Å². The second-order valence-electron chi connectivity index (χ2n) is 9.64. The fraction of sp³-hybridized carbons (Fsp3) is 0.258. The summed E-state index contributed by atoms with van der Waals surface area (Å²) in [7, 11) is 2.98. The maximum absolute atomic E-state index is 13.1. The van der Waals surface area contributed by atoms with Gasteiger partial charge in [-0.25, -0.2) is 9.97 Å². The van der Waals surface area contributed by atoms with Crippen LogP contribution < -0.4 is 10.6 Å². The number of carbonyl (C=O) groups excluding carboxylic acids is 2. The number of nitrogens with zero attached hydrogens (tertiary/aromatic N) is 4. The molecule has 4 aromatic rings. The molecule has 0 aliphatic heterocycles. The highest BCUT2D eigenvalue weighted by Crippen LogP contribution is 2.36. The molecule has 1 unspecified atom stereocenters. The lowest BCUT2D eigenvalue weighted by atomic mass is 9.99. The highest BCUT2D eigenvalue weighted by atomic mass is 32.1. The molecule has 4 rings (SSSR count). The Morgan fingerprint density at radius 2 is 1.95 bits per heavy atom. The Balaban J connectivity index is 1.78. The molecule has 2 aromatic heterocycles. The molecule has 0 bridgehead atoms. The molecular weight excluding hydrogens is 593 g/mol. The number of fused-ring (bicyclic) bond motifs is 1. The van der Waals surface area contributed by atoms with E-state index < -0.39 is 34.7 Å². The number of aromatic nitrogens is 3. The number of amides is 2. The SMILES string of the molecule is CNC(=O)[C@H](C#N)C(S)c1c(C#Cc2cc(NC(=O)c3cccc(C(F)(F)F)c3)ccc2C)c2cncnc2n1CCOC. The van der Waals surface area contributed by atoms with Gasteiger partial charge in [-0.1, -0.05) is 24.0 Å². The average Bonchev–Trinajstić information content (AvgIpc) is 3.33. The first-order valence-electron chi connectivity index (χ1n) is 13.2. The van der Waals surface area contributed by atoms with Crippen LogP contribution in [0.15, 0.2) is 55.0 Å². The van der Waals surface area contributed by atoms with Gasteiger partial charge in [0.15, 0.2) is 0 Å². The lowest BCUT2D eigenvalue weighted by molar-refractivity contribution is -0.137. The molecule has 2 aromatic carbocycles. The monoisotopic (exact) mass is 620 g/mol. The number of carbonyl (C=O) groups is 2. The average molecular weight is 621 g/mol. The van der Waals surface area contributed by atoms with Crippen molar-refractivity contribution in [2.45, 2.75) is 24.9 Å². The predicted octanol–water partition coefficient (Wildman–Crippen LogP) is 4.91. The van der Waals surface area contributed by atoms with Gasteiger partial charge in [-0.05, 0) is 42.8 Å². The highest BCUT2D eigenvalue weighted by molar-refractivity contribution is 7.80. The maximum Gasteiger partial charge on any atom is 0.416 e. The number of hydrogen-bond donors (Lipinski definition) is 3. The zero-order valence-electron chi connectivity index (χ0n) is 23.9. The Bertz CT molecular complexity index is 1820. The van der Waals surface area contributed by atoms with Gasteiger partial charge in [0.2, 0.25) is 5.91 Å². The maximum atomic E-state index is 13.1. The first kappa shape index (κ1) is 32.1. The van der Waals surface area contributed by atoms with Crippen molar-refractivity contribution in [2.75, 3.05) is 26.1 Å². The highest BCUT2D eigenvalue weighted by Gasteiger charge is 2.33. The lowest BCUT2D eigenvalue weighted by Gasteiger charge is -2.19. The largest absolute Gasteiger partial charge is 0.416 e. The molecule has 44 heavy (non-hydrogen) atoms. The third-order valence-electron chi connectivity index (χ3n) is 6.82. The van der Waals surface area contributed by atoms with Gasteiger partial charge in [-0.15, -0.1) is 0 Å². The molecule has 0 aliphatic rings. The van der Waals surface area contributed by atoms with Crippen molar-refractivity contribution in [2.24, 2.45) is 5.92 Å². The van der Waals surface area contributed by atoms with Crippen LogP contribution in [0.25, 0.3) is 11.0 Å². The number of nitriles is 1. The third-order valence-corrected chi connectivity index (χ3v) is 7.36. The number of thiol groups is 1. The summed E-state index contributed by atoms with van der Waals surface area (Å²) in [6.07, 6.45) is -1.63. The number of aryl methyl sites for hydroxylation is 1. The van der Waals surface area contributed by atoms with Gasteiger partial charge in [0.25, 0.3) is 5.91 Å². The van der Waals surface area contributed by atoms with Crippen LogP contribution in [-0.4, -0.2) is 47.1 Å². The summed E-state index contributed by atoms with van der Waals surface area (Å²) in [5, 5.41) is 14.6. The Kier molecular flexibility index (Phi) is 9.94. The van der Waals surface area contributed by atoms with E-state index >= 15 is 0 Å². The number of anilines is 1. The molecule has 0 saturated carbocycles. The Labute approximate surface area is 256 Å². The van der Waals surface area contributed by atoms with Crippen LogP contribution in [0.3, 0.4) is 0 Å². The van der Waals surface area contributed by atoms with E-state index in [1.165, 1.54) is 25.5 Å². The van der Waals surface area contributed by atoms with Crippen molar-refractivity contribution in [1.82, 2.24) is 19.9 Å². The van der Waals surface area contributed by atoms with Gasteiger partial charge in [-0.3, -0.25) is 9.59 Å². The molecule has 13 heteroatoms. The lowest BCUT2D eigenvalue weighted by Crippen LogP contribution is -2.30. The minimum absolute atomic E-state index is 0.149. The molecule has 0 spiro atoms. The van der Waals surface area contributed by atoms with Crippen LogP contribution in [0.4, 0.5) is 18.9 Å². The van der Waals surface area contributed by atoms with E-state index in [4.69, 9.17) is 17.4 Å². The molecule has 2 atom stereocenters. The number of halogens is 3. The van der Waals surface area contributed by atoms with Gasteiger partial charge in [0, 0.05) is 43.7 Å². The summed E-state index contributed by atoms with van der Waals surface area (Å²) >= 11 is 4.70. The van der Waals surface area contributed by atoms with E-state index in [0.29, 0.717) is 46.7 Å². The van der Waals surface area contributed by atoms with Crippen molar-refractivity contribution in [3.63, 3.8) is 0 Å². The summed E-state index contributed by atoms with van der Waals surface area (Å²) in [6, 6.07) is 11.1. The van der Waals surface area contributed by atoms with E-state index in [-0.39, 0.29) is 5.56 Å². The molecule has 226 valence electrons. The zero-order valence-corrected chi connectivity index (χ0v) is 24.8. The Morgan fingerprint density at radius 1 is 1.18 bits per heavy atom. The summed E-state index contributed by atoms with van der Waals surface area (Å²) in [4.78, 5) is 33.9. The molecule has 2 amide bonds. The first-order valence-corrected chi connectivity index (χ1v) is 13.7. The number of rotatable bonds is 8. The summed E-state index contributed by atoms with van der Waals surface area (Å²) in [5.41, 5.74) is 1.98. The van der Waals surface area contributed by atoms with E-state index in [1.54, 1.807) is 36.1 Å². The minimum Gasteiger partial charge on any atom is -0.383 e. The molecule has 9 nitrogen and oxygen atoms in total. The number of hydrogen-bond acceptors (Lipinski definition) is 7. The molecule has 0 radical (unpaired) electrons. The fourth-order valence-corrected chi connectivity index (χ4v) is 5.01. The van der Waals surface area contributed by atoms with Crippen molar-refractivity contribution >= 4 is 41.2 Å². The molecule has 0 aliphatic carbocycles. The standard InChI is InChI=1S/C31H27F3N6O3S/c1-18-7-9-22(39-29(41)20-5-4-6-21(13-20)31(32,33)34)14-19(18)8-10-23-25-16-37-17-38-28(25)40(11-12-43-3)26(23)27(44)24(15-35)30(42)36-2/h4-7,9,13-14,16-17,24,27,44H,11-12H2,1-3H3,(H,36,42)(H,39,41)/t24-,27?/m1/s1. The van der Waals surface area contributed by atoms with Crippen LogP contribution in [0.2, 0.25) is 0 Å². The number of benzene rings is 2. The number of alkyl halides is 3. The molecule has 0 saturated heterocycles. The normalized spacial score (nSPS) is 12.5. The first-order chi connectivity index (χ1) is 21.0.